The van der Waals surface area contributed by atoms with Gasteiger partial charge in [0.2, 0.25) is 0 Å². The predicted molar refractivity (Wildman–Crippen MR) is 55.6 cm³/mol. The Labute approximate surface area is 85.2 Å². The van der Waals surface area contributed by atoms with Crippen LogP contribution < -0.4 is 5.48 Å². The number of hydroxylamine groups is 1. The molecule has 1 N–H and O–H groups in total. The number of hydrogen-bond acceptors (Lipinski definition) is 3. The van der Waals surface area contributed by atoms with Crippen LogP contribution in [0.2, 0.25) is 0 Å². The highest BCUT2D eigenvalue weighted by Gasteiger charge is 2.10. The van der Waals surface area contributed by atoms with E-state index < -0.39 is 0 Å². The van der Waals surface area contributed by atoms with Crippen LogP contribution in [-0.4, -0.2) is 15.2 Å². The number of aryl methyl sites for hydroxylation is 1. The van der Waals surface area contributed by atoms with E-state index in [0.29, 0.717) is 6.54 Å². The molecule has 0 aliphatic rings. The van der Waals surface area contributed by atoms with Gasteiger partial charge in [0.25, 0.3) is 0 Å². The van der Waals surface area contributed by atoms with Crippen molar-refractivity contribution in [3.63, 3.8) is 0 Å². The van der Waals surface area contributed by atoms with Crippen LogP contribution in [-0.2, 0) is 17.9 Å². The first-order valence-corrected chi connectivity index (χ1v) is 4.93. The summed E-state index contributed by atoms with van der Waals surface area (Å²) in [4.78, 5) is 9.49. The van der Waals surface area contributed by atoms with Gasteiger partial charge in [-0.25, -0.2) is 4.98 Å². The van der Waals surface area contributed by atoms with Crippen LogP contribution in [0.3, 0.4) is 0 Å². The number of imidazole rings is 1. The molecule has 1 rings (SSSR count). The van der Waals surface area contributed by atoms with E-state index in [9.17, 15) is 0 Å². The van der Waals surface area contributed by atoms with Gasteiger partial charge in [-0.3, -0.25) is 4.84 Å². The Morgan fingerprint density at radius 2 is 2.21 bits per heavy atom. The Morgan fingerprint density at radius 3 is 2.79 bits per heavy atom. The summed E-state index contributed by atoms with van der Waals surface area (Å²) in [5, 5.41) is 0. The zero-order valence-electron chi connectivity index (χ0n) is 9.37. The van der Waals surface area contributed by atoms with Crippen molar-refractivity contribution in [3.8, 4) is 0 Å². The molecule has 14 heavy (non-hydrogen) atoms. The van der Waals surface area contributed by atoms with Crippen LogP contribution in [0.4, 0.5) is 0 Å². The van der Waals surface area contributed by atoms with Crippen LogP contribution in [0.1, 0.15) is 33.4 Å². The van der Waals surface area contributed by atoms with E-state index in [-0.39, 0.29) is 5.60 Å². The fourth-order valence-corrected chi connectivity index (χ4v) is 1.11. The third-order valence-corrected chi connectivity index (χ3v) is 1.77. The fraction of sp³-hybridized carbons (Fsp3) is 0.700. The summed E-state index contributed by atoms with van der Waals surface area (Å²) in [6.07, 6.45) is 3.68. The van der Waals surface area contributed by atoms with Crippen molar-refractivity contribution in [2.75, 3.05) is 0 Å². The van der Waals surface area contributed by atoms with Gasteiger partial charge in [-0.2, -0.15) is 5.48 Å². The highest BCUT2D eigenvalue weighted by atomic mass is 16.7. The topological polar surface area (TPSA) is 39.1 Å². The van der Waals surface area contributed by atoms with Crippen molar-refractivity contribution in [2.24, 2.45) is 0 Å². The van der Waals surface area contributed by atoms with E-state index in [1.807, 2.05) is 33.3 Å². The van der Waals surface area contributed by atoms with E-state index in [0.717, 1.165) is 12.2 Å². The van der Waals surface area contributed by atoms with Gasteiger partial charge >= 0.3 is 0 Å². The molecule has 1 aromatic rings. The van der Waals surface area contributed by atoms with Gasteiger partial charge in [0, 0.05) is 12.7 Å². The normalized spacial score (nSPS) is 12.0. The van der Waals surface area contributed by atoms with Crippen LogP contribution in [0.5, 0.6) is 0 Å². The second kappa shape index (κ2) is 4.57. The average molecular weight is 197 g/mol. The number of nitrogens with zero attached hydrogens (tertiary/aromatic N) is 2. The quantitative estimate of drug-likeness (QED) is 0.747. The molecule has 80 valence electrons. The molecule has 0 atom stereocenters. The number of hydrogen-bond donors (Lipinski definition) is 1. The second-order valence-electron chi connectivity index (χ2n) is 4.21. The first-order valence-electron chi connectivity index (χ1n) is 4.93. The maximum Gasteiger partial charge on any atom is 0.0948 e. The minimum absolute atomic E-state index is 0.156. The molecule has 0 radical (unpaired) electrons. The molecule has 0 unspecified atom stereocenters. The lowest BCUT2D eigenvalue weighted by atomic mass is 10.2. The van der Waals surface area contributed by atoms with Crippen molar-refractivity contribution in [1.29, 1.82) is 0 Å². The molecule has 4 nitrogen and oxygen atoms in total. The summed E-state index contributed by atoms with van der Waals surface area (Å²) in [6.45, 7) is 9.75. The SMILES string of the molecule is CCn1cncc1CNOC(C)(C)C. The minimum atomic E-state index is -0.156. The van der Waals surface area contributed by atoms with Crippen molar-refractivity contribution >= 4 is 0 Å². The maximum atomic E-state index is 5.41. The maximum absolute atomic E-state index is 5.41. The van der Waals surface area contributed by atoms with E-state index in [1.54, 1.807) is 0 Å². The molecule has 0 fully saturated rings. The number of aromatic nitrogens is 2. The smallest absolute Gasteiger partial charge is 0.0948 e. The fourth-order valence-electron chi connectivity index (χ4n) is 1.11. The largest absolute Gasteiger partial charge is 0.334 e. The van der Waals surface area contributed by atoms with Crippen LogP contribution in [0.15, 0.2) is 12.5 Å². The Balaban J connectivity index is 2.38. The number of rotatable bonds is 4. The first-order chi connectivity index (χ1) is 6.53. The Kier molecular flexibility index (Phi) is 3.66. The van der Waals surface area contributed by atoms with Gasteiger partial charge in [0.05, 0.1) is 24.2 Å². The molecule has 0 saturated carbocycles. The van der Waals surface area contributed by atoms with Crippen molar-refractivity contribution in [2.45, 2.75) is 46.4 Å². The molecule has 0 aliphatic heterocycles. The lowest BCUT2D eigenvalue weighted by molar-refractivity contribution is -0.0764. The van der Waals surface area contributed by atoms with E-state index in [2.05, 4.69) is 22.0 Å². The Morgan fingerprint density at radius 1 is 1.50 bits per heavy atom. The van der Waals surface area contributed by atoms with E-state index in [1.165, 1.54) is 0 Å². The number of nitrogens with one attached hydrogen (secondary N) is 1. The second-order valence-corrected chi connectivity index (χ2v) is 4.21. The Bertz CT molecular complexity index is 275. The lowest BCUT2D eigenvalue weighted by Crippen LogP contribution is -2.29. The summed E-state index contributed by atoms with van der Waals surface area (Å²) < 4.78 is 2.08. The van der Waals surface area contributed by atoms with Gasteiger partial charge in [-0.15, -0.1) is 0 Å². The standard InChI is InChI=1S/C10H19N3O/c1-5-13-8-11-6-9(13)7-12-14-10(2,3)4/h6,8,12H,5,7H2,1-4H3. The highest BCUT2D eigenvalue weighted by Crippen LogP contribution is 2.05. The molecule has 0 bridgehead atoms. The van der Waals surface area contributed by atoms with Crippen molar-refractivity contribution in [1.82, 2.24) is 15.0 Å². The van der Waals surface area contributed by atoms with Gasteiger partial charge in [0.1, 0.15) is 0 Å². The van der Waals surface area contributed by atoms with Crippen molar-refractivity contribution in [3.05, 3.63) is 18.2 Å². The minimum Gasteiger partial charge on any atom is -0.334 e. The molecule has 0 spiro atoms. The zero-order chi connectivity index (χ0) is 10.6. The molecule has 4 heteroatoms. The van der Waals surface area contributed by atoms with Crippen LogP contribution in [0.25, 0.3) is 0 Å². The first kappa shape index (κ1) is 11.2. The Hall–Kier alpha value is -0.870. The predicted octanol–water partition coefficient (Wildman–Crippen LogP) is 1.72. The van der Waals surface area contributed by atoms with Gasteiger partial charge < -0.3 is 4.57 Å². The highest BCUT2D eigenvalue weighted by molar-refractivity contribution is 4.96. The van der Waals surface area contributed by atoms with Gasteiger partial charge in [-0.05, 0) is 27.7 Å². The molecule has 1 heterocycles. The molecule has 1 aromatic heterocycles. The summed E-state index contributed by atoms with van der Waals surface area (Å²) in [7, 11) is 0. The third-order valence-electron chi connectivity index (χ3n) is 1.77. The van der Waals surface area contributed by atoms with Gasteiger partial charge in [0.15, 0.2) is 0 Å². The average Bonchev–Trinajstić information content (AvgIpc) is 2.49. The third kappa shape index (κ3) is 3.47. The molecule has 0 aliphatic carbocycles. The zero-order valence-corrected chi connectivity index (χ0v) is 9.37. The van der Waals surface area contributed by atoms with Gasteiger partial charge in [-0.1, -0.05) is 0 Å². The van der Waals surface area contributed by atoms with E-state index >= 15 is 0 Å². The van der Waals surface area contributed by atoms with E-state index in [4.69, 9.17) is 4.84 Å². The van der Waals surface area contributed by atoms with Crippen molar-refractivity contribution < 1.29 is 4.84 Å². The molecule has 0 saturated heterocycles. The summed E-state index contributed by atoms with van der Waals surface area (Å²) in [5.41, 5.74) is 3.92. The van der Waals surface area contributed by atoms with Crippen LogP contribution in [0, 0.1) is 0 Å². The molecular formula is C10H19N3O. The van der Waals surface area contributed by atoms with Crippen LogP contribution >= 0.6 is 0 Å². The summed E-state index contributed by atoms with van der Waals surface area (Å²) >= 11 is 0. The lowest BCUT2D eigenvalue weighted by Gasteiger charge is -2.19. The molecule has 0 amide bonds. The molecular weight excluding hydrogens is 178 g/mol. The summed E-state index contributed by atoms with van der Waals surface area (Å²) in [5.74, 6) is 0. The summed E-state index contributed by atoms with van der Waals surface area (Å²) in [6, 6.07) is 0. The monoisotopic (exact) mass is 197 g/mol. The molecule has 0 aromatic carbocycles.